The van der Waals surface area contributed by atoms with Crippen LogP contribution in [0, 0.1) is 0 Å². The van der Waals surface area contributed by atoms with Crippen molar-refractivity contribution in [2.45, 2.75) is 40.0 Å². The summed E-state index contributed by atoms with van der Waals surface area (Å²) in [5, 5.41) is 0. The van der Waals surface area contributed by atoms with E-state index in [9.17, 15) is 4.79 Å². The Kier molecular flexibility index (Phi) is 4.91. The Bertz CT molecular complexity index is 134. The highest BCUT2D eigenvalue weighted by molar-refractivity contribution is 5.75. The molecule has 0 aromatic rings. The molecule has 0 bridgehead atoms. The molecule has 0 radical (unpaired) electrons. The van der Waals surface area contributed by atoms with Crippen molar-refractivity contribution in [1.82, 2.24) is 0 Å². The quantitative estimate of drug-likeness (QED) is 0.549. The summed E-state index contributed by atoms with van der Waals surface area (Å²) >= 11 is 0. The molecule has 0 unspecified atom stereocenters. The normalized spacial score (nSPS) is 11.7. The fraction of sp³-hybridized carbons (Fsp3) is 0.667. The Morgan fingerprint density at radius 3 is 2.40 bits per heavy atom. The van der Waals surface area contributed by atoms with Gasteiger partial charge in [-0.25, -0.2) is 0 Å². The molecule has 58 valence electrons. The number of carbonyl (C=O) groups is 1. The van der Waals surface area contributed by atoms with E-state index < -0.39 is 0 Å². The van der Waals surface area contributed by atoms with E-state index >= 15 is 0 Å². The fourth-order valence-electron chi connectivity index (χ4n) is 0.666. The van der Waals surface area contributed by atoms with Crippen molar-refractivity contribution < 1.29 is 4.79 Å². The molecule has 10 heavy (non-hydrogen) atoms. The van der Waals surface area contributed by atoms with Crippen LogP contribution in [0.3, 0.4) is 0 Å². The number of hydrogen-bond acceptors (Lipinski definition) is 1. The maximum atomic E-state index is 10.5. The summed E-state index contributed by atoms with van der Waals surface area (Å²) < 4.78 is 0. The number of hydrogen-bond donors (Lipinski definition) is 0. The van der Waals surface area contributed by atoms with Crippen LogP contribution in [0.2, 0.25) is 0 Å². The smallest absolute Gasteiger partial charge is 0.130 e. The molecule has 0 fully saturated rings. The third-order valence-corrected chi connectivity index (χ3v) is 1.55. The predicted octanol–water partition coefficient (Wildman–Crippen LogP) is 2.71. The van der Waals surface area contributed by atoms with Gasteiger partial charge in [0.15, 0.2) is 0 Å². The number of carbonyl (C=O) groups excluding carboxylic acids is 1. The van der Waals surface area contributed by atoms with Gasteiger partial charge in [0.2, 0.25) is 0 Å². The average Bonchev–Trinajstić information content (AvgIpc) is 1.87. The van der Waals surface area contributed by atoms with E-state index in [1.54, 1.807) is 6.92 Å². The van der Waals surface area contributed by atoms with Crippen LogP contribution in [-0.2, 0) is 4.79 Å². The molecule has 1 heteroatoms. The van der Waals surface area contributed by atoms with Crippen molar-refractivity contribution in [3.05, 3.63) is 11.6 Å². The largest absolute Gasteiger partial charge is 0.300 e. The van der Waals surface area contributed by atoms with Crippen LogP contribution in [0.1, 0.15) is 40.0 Å². The Hall–Kier alpha value is -0.590. The van der Waals surface area contributed by atoms with Crippen molar-refractivity contribution in [3.63, 3.8) is 0 Å². The van der Waals surface area contributed by atoms with Crippen molar-refractivity contribution in [2.24, 2.45) is 0 Å². The molecule has 1 nitrogen and oxygen atoms in total. The van der Waals surface area contributed by atoms with Crippen molar-refractivity contribution in [3.8, 4) is 0 Å². The van der Waals surface area contributed by atoms with Crippen molar-refractivity contribution >= 4 is 5.78 Å². The summed E-state index contributed by atoms with van der Waals surface area (Å²) in [6, 6.07) is 0. The van der Waals surface area contributed by atoms with Gasteiger partial charge in [-0.05, 0) is 26.7 Å². The minimum absolute atomic E-state index is 0.278. The molecular formula is C9H16O. The van der Waals surface area contributed by atoms with Gasteiger partial charge in [-0.15, -0.1) is 0 Å². The lowest BCUT2D eigenvalue weighted by Crippen LogP contribution is -1.87. The molecule has 0 aliphatic heterocycles. The molecule has 0 atom stereocenters. The minimum Gasteiger partial charge on any atom is -0.300 e. The van der Waals surface area contributed by atoms with Crippen LogP contribution in [0.25, 0.3) is 0 Å². The van der Waals surface area contributed by atoms with Gasteiger partial charge in [0.25, 0.3) is 0 Å². The Balaban J connectivity index is 3.43. The monoisotopic (exact) mass is 140 g/mol. The van der Waals surface area contributed by atoms with Crippen molar-refractivity contribution in [1.29, 1.82) is 0 Å². The van der Waals surface area contributed by atoms with Gasteiger partial charge in [-0.3, -0.25) is 0 Å². The maximum Gasteiger partial charge on any atom is 0.130 e. The standard InChI is InChI=1S/C9H16O/c1-4-8(2)6-5-7-9(3)10/h6H,4-5,7H2,1-3H3/b8-6+. The maximum absolute atomic E-state index is 10.5. The molecule has 0 rings (SSSR count). The van der Waals surface area contributed by atoms with Crippen molar-refractivity contribution in [2.75, 3.05) is 0 Å². The van der Waals surface area contributed by atoms with Crippen LogP contribution in [-0.4, -0.2) is 5.78 Å². The zero-order valence-electron chi connectivity index (χ0n) is 7.11. The molecule has 0 aliphatic carbocycles. The Labute approximate surface area is 63.1 Å². The first-order valence-corrected chi connectivity index (χ1v) is 3.82. The van der Waals surface area contributed by atoms with Crippen LogP contribution >= 0.6 is 0 Å². The summed E-state index contributed by atoms with van der Waals surface area (Å²) in [5.74, 6) is 0.278. The molecule has 0 saturated carbocycles. The summed E-state index contributed by atoms with van der Waals surface area (Å²) in [6.07, 6.45) is 4.84. The topological polar surface area (TPSA) is 17.1 Å². The summed E-state index contributed by atoms with van der Waals surface area (Å²) in [5.41, 5.74) is 1.38. The molecule has 0 aromatic carbocycles. The number of rotatable bonds is 4. The van der Waals surface area contributed by atoms with Crippen LogP contribution < -0.4 is 0 Å². The van der Waals surface area contributed by atoms with Gasteiger partial charge < -0.3 is 4.79 Å². The van der Waals surface area contributed by atoms with Gasteiger partial charge >= 0.3 is 0 Å². The Morgan fingerprint density at radius 1 is 1.40 bits per heavy atom. The molecule has 0 heterocycles. The lowest BCUT2D eigenvalue weighted by atomic mass is 10.1. The van der Waals surface area contributed by atoms with Gasteiger partial charge in [-0.2, -0.15) is 0 Å². The first kappa shape index (κ1) is 9.41. The van der Waals surface area contributed by atoms with E-state index in [0.717, 1.165) is 12.8 Å². The first-order chi connectivity index (χ1) is 4.66. The highest BCUT2D eigenvalue weighted by atomic mass is 16.1. The molecular weight excluding hydrogens is 124 g/mol. The summed E-state index contributed by atoms with van der Waals surface area (Å²) in [4.78, 5) is 10.5. The van der Waals surface area contributed by atoms with E-state index in [1.807, 2.05) is 0 Å². The Morgan fingerprint density at radius 2 is 2.00 bits per heavy atom. The van der Waals surface area contributed by atoms with Gasteiger partial charge in [0, 0.05) is 6.42 Å². The fourth-order valence-corrected chi connectivity index (χ4v) is 0.666. The van der Waals surface area contributed by atoms with Gasteiger partial charge in [0.05, 0.1) is 0 Å². The second kappa shape index (κ2) is 5.21. The molecule has 0 N–H and O–H groups in total. The van der Waals surface area contributed by atoms with E-state index in [-0.39, 0.29) is 5.78 Å². The third-order valence-electron chi connectivity index (χ3n) is 1.55. The van der Waals surface area contributed by atoms with E-state index in [1.165, 1.54) is 5.57 Å². The second-order valence-electron chi connectivity index (χ2n) is 2.64. The zero-order valence-corrected chi connectivity index (χ0v) is 7.11. The molecule has 0 amide bonds. The predicted molar refractivity (Wildman–Crippen MR) is 44.0 cm³/mol. The molecule has 0 aliphatic rings. The number of allylic oxidation sites excluding steroid dienone is 2. The van der Waals surface area contributed by atoms with E-state index in [2.05, 4.69) is 19.9 Å². The third kappa shape index (κ3) is 5.54. The van der Waals surface area contributed by atoms with E-state index in [4.69, 9.17) is 0 Å². The number of ketones is 1. The lowest BCUT2D eigenvalue weighted by Gasteiger charge is -1.93. The van der Waals surface area contributed by atoms with E-state index in [0.29, 0.717) is 6.42 Å². The van der Waals surface area contributed by atoms with Gasteiger partial charge in [0.1, 0.15) is 5.78 Å². The second-order valence-corrected chi connectivity index (χ2v) is 2.64. The zero-order chi connectivity index (χ0) is 7.98. The molecule has 0 saturated heterocycles. The highest BCUT2D eigenvalue weighted by Crippen LogP contribution is 2.01. The van der Waals surface area contributed by atoms with Crippen LogP contribution in [0.4, 0.5) is 0 Å². The lowest BCUT2D eigenvalue weighted by molar-refractivity contribution is -0.116. The molecule has 0 aromatic heterocycles. The highest BCUT2D eigenvalue weighted by Gasteiger charge is 1.89. The van der Waals surface area contributed by atoms with Crippen LogP contribution in [0.15, 0.2) is 11.6 Å². The summed E-state index contributed by atoms with van der Waals surface area (Å²) in [6.45, 7) is 5.86. The average molecular weight is 140 g/mol. The minimum atomic E-state index is 0.278. The van der Waals surface area contributed by atoms with Gasteiger partial charge in [-0.1, -0.05) is 18.6 Å². The number of Topliss-reactive ketones (excluding diaryl/α,β-unsaturated/α-hetero) is 1. The SMILES string of the molecule is CC/C(C)=C/CCC(C)=O. The van der Waals surface area contributed by atoms with Crippen LogP contribution in [0.5, 0.6) is 0 Å². The molecule has 0 spiro atoms. The first-order valence-electron chi connectivity index (χ1n) is 3.82. The summed E-state index contributed by atoms with van der Waals surface area (Å²) in [7, 11) is 0.